The summed E-state index contributed by atoms with van der Waals surface area (Å²) in [4.78, 5) is 36.1. The van der Waals surface area contributed by atoms with Crippen LogP contribution in [0.15, 0.2) is 0 Å². The summed E-state index contributed by atoms with van der Waals surface area (Å²) in [6.07, 6.45) is 31.4. The third kappa shape index (κ3) is 29.1. The molecule has 7 nitrogen and oxygen atoms in total. The number of esters is 1. The number of hydrogen-bond donors (Lipinski definition) is 3. The van der Waals surface area contributed by atoms with E-state index in [2.05, 4.69) is 19.2 Å². The van der Waals surface area contributed by atoms with E-state index in [0.717, 1.165) is 64.2 Å². The lowest BCUT2D eigenvalue weighted by molar-refractivity contribution is -0.150. The van der Waals surface area contributed by atoms with E-state index in [-0.39, 0.29) is 18.0 Å². The Morgan fingerprint density at radius 3 is 1.41 bits per heavy atom. The van der Waals surface area contributed by atoms with Crippen LogP contribution in [0.3, 0.4) is 0 Å². The Labute approximate surface area is 271 Å². The predicted octanol–water partition coefficient (Wildman–Crippen LogP) is 9.78. The van der Waals surface area contributed by atoms with Gasteiger partial charge >= 0.3 is 11.9 Å². The Kier molecular flexibility index (Phi) is 31.5. The largest absolute Gasteiger partial charge is 0.480 e. The summed E-state index contributed by atoms with van der Waals surface area (Å²) in [6, 6.07) is -0.850. The van der Waals surface area contributed by atoms with E-state index in [9.17, 15) is 19.5 Å². The number of rotatable bonds is 34. The molecule has 4 N–H and O–H groups in total. The van der Waals surface area contributed by atoms with Crippen molar-refractivity contribution in [3.8, 4) is 0 Å². The summed E-state index contributed by atoms with van der Waals surface area (Å²) in [5.41, 5.74) is 5.46. The lowest BCUT2D eigenvalue weighted by Crippen LogP contribution is -2.40. The topological polar surface area (TPSA) is 119 Å². The second-order valence-corrected chi connectivity index (χ2v) is 13.0. The van der Waals surface area contributed by atoms with E-state index >= 15 is 0 Å². The molecular weight excluding hydrogens is 552 g/mol. The molecule has 0 aliphatic rings. The molecule has 0 aromatic heterocycles. The van der Waals surface area contributed by atoms with Gasteiger partial charge in [0.2, 0.25) is 5.91 Å². The van der Waals surface area contributed by atoms with Crippen molar-refractivity contribution < 1.29 is 24.2 Å². The molecule has 0 bridgehead atoms. The van der Waals surface area contributed by atoms with Gasteiger partial charge in [-0.2, -0.15) is 0 Å². The Hall–Kier alpha value is -1.63. The van der Waals surface area contributed by atoms with Crippen molar-refractivity contribution >= 4 is 17.8 Å². The van der Waals surface area contributed by atoms with Gasteiger partial charge in [0.1, 0.15) is 12.1 Å². The second-order valence-electron chi connectivity index (χ2n) is 13.0. The molecule has 0 aromatic rings. The molecule has 0 saturated carbocycles. The summed E-state index contributed by atoms with van der Waals surface area (Å²) < 4.78 is 5.98. The number of nitrogens with two attached hydrogens (primary N) is 1. The Balaban J connectivity index is 4.21. The number of nitrogens with one attached hydrogen (secondary N) is 1. The number of carboxylic acid groups (broad SMARTS) is 1. The van der Waals surface area contributed by atoms with Crippen molar-refractivity contribution in [1.29, 1.82) is 0 Å². The van der Waals surface area contributed by atoms with Crippen molar-refractivity contribution in [1.82, 2.24) is 5.32 Å². The summed E-state index contributed by atoms with van der Waals surface area (Å²) in [6.45, 7) is 4.92. The molecular formula is C37H72N2O5. The highest BCUT2D eigenvalue weighted by Gasteiger charge is 2.19. The number of carbonyl (C=O) groups excluding carboxylic acids is 2. The zero-order chi connectivity index (χ0) is 32.5. The van der Waals surface area contributed by atoms with Crippen molar-refractivity contribution in [2.24, 2.45) is 5.73 Å². The molecule has 7 heteroatoms. The molecule has 0 heterocycles. The Morgan fingerprint density at radius 2 is 0.977 bits per heavy atom. The molecule has 44 heavy (non-hydrogen) atoms. The molecule has 0 rings (SSSR count). The third-order valence-corrected chi connectivity index (χ3v) is 8.67. The zero-order valence-electron chi connectivity index (χ0n) is 29.0. The molecule has 1 amide bonds. The highest BCUT2D eigenvalue weighted by atomic mass is 16.5. The van der Waals surface area contributed by atoms with Gasteiger partial charge in [0.05, 0.1) is 0 Å². The number of ether oxygens (including phenoxy) is 1. The fourth-order valence-corrected chi connectivity index (χ4v) is 5.80. The molecule has 0 aliphatic heterocycles. The molecule has 0 aromatic carbocycles. The van der Waals surface area contributed by atoms with Crippen LogP contribution in [0.2, 0.25) is 0 Å². The minimum absolute atomic E-state index is 0.0222. The first-order chi connectivity index (χ1) is 21.4. The van der Waals surface area contributed by atoms with Gasteiger partial charge in [-0.25, -0.2) is 4.79 Å². The van der Waals surface area contributed by atoms with Crippen LogP contribution in [0.25, 0.3) is 0 Å². The number of hydrogen-bond acceptors (Lipinski definition) is 5. The molecule has 0 aliphatic carbocycles. The second kappa shape index (κ2) is 32.8. The quantitative estimate of drug-likeness (QED) is 0.0484. The summed E-state index contributed by atoms with van der Waals surface area (Å²) in [5.74, 6) is -1.22. The van der Waals surface area contributed by atoms with Crippen LogP contribution < -0.4 is 11.1 Å². The highest BCUT2D eigenvalue weighted by molar-refractivity contribution is 5.83. The van der Waals surface area contributed by atoms with Crippen molar-refractivity contribution in [2.45, 2.75) is 212 Å². The van der Waals surface area contributed by atoms with Crippen molar-refractivity contribution in [2.75, 3.05) is 6.54 Å². The number of carboxylic acids is 1. The van der Waals surface area contributed by atoms with Crippen LogP contribution in [-0.2, 0) is 19.1 Å². The van der Waals surface area contributed by atoms with Gasteiger partial charge < -0.3 is 20.9 Å². The van der Waals surface area contributed by atoms with Gasteiger partial charge in [-0.15, -0.1) is 0 Å². The van der Waals surface area contributed by atoms with E-state index < -0.39 is 12.0 Å². The van der Waals surface area contributed by atoms with E-state index in [4.69, 9.17) is 10.5 Å². The number of amides is 1. The van der Waals surface area contributed by atoms with Crippen molar-refractivity contribution in [3.05, 3.63) is 0 Å². The number of aliphatic carboxylic acids is 1. The minimum Gasteiger partial charge on any atom is -0.480 e. The van der Waals surface area contributed by atoms with Gasteiger partial charge in [-0.3, -0.25) is 9.59 Å². The van der Waals surface area contributed by atoms with Crippen LogP contribution in [-0.4, -0.2) is 41.6 Å². The average Bonchev–Trinajstić information content (AvgIpc) is 3.00. The molecule has 260 valence electrons. The van der Waals surface area contributed by atoms with Gasteiger partial charge in [0.15, 0.2) is 0 Å². The maximum atomic E-state index is 12.6. The SMILES string of the molecule is CCCCCCCCCCCCCC(=O)OC(CCCCCCCCC)CCCCCCCC(=O)NC(CCCN)C(=O)O. The normalized spacial score (nSPS) is 12.6. The van der Waals surface area contributed by atoms with Gasteiger partial charge in [0.25, 0.3) is 0 Å². The monoisotopic (exact) mass is 625 g/mol. The molecule has 0 saturated heterocycles. The predicted molar refractivity (Wildman–Crippen MR) is 184 cm³/mol. The number of unbranched alkanes of at least 4 members (excludes halogenated alkanes) is 20. The van der Waals surface area contributed by atoms with Gasteiger partial charge in [-0.1, -0.05) is 136 Å². The zero-order valence-corrected chi connectivity index (χ0v) is 29.0. The van der Waals surface area contributed by atoms with E-state index in [1.807, 2.05) is 0 Å². The lowest BCUT2D eigenvalue weighted by atomic mass is 10.0. The minimum atomic E-state index is -1.00. The fraction of sp³-hybridized carbons (Fsp3) is 0.919. The van der Waals surface area contributed by atoms with Crippen molar-refractivity contribution in [3.63, 3.8) is 0 Å². The Morgan fingerprint density at radius 1 is 0.568 bits per heavy atom. The van der Waals surface area contributed by atoms with Crippen LogP contribution in [0, 0.1) is 0 Å². The van der Waals surface area contributed by atoms with E-state index in [0.29, 0.717) is 32.2 Å². The smallest absolute Gasteiger partial charge is 0.326 e. The third-order valence-electron chi connectivity index (χ3n) is 8.67. The molecule has 0 fully saturated rings. The molecule has 0 radical (unpaired) electrons. The van der Waals surface area contributed by atoms with E-state index in [1.54, 1.807) is 0 Å². The number of carbonyl (C=O) groups is 3. The van der Waals surface area contributed by atoms with Gasteiger partial charge in [-0.05, 0) is 57.9 Å². The van der Waals surface area contributed by atoms with Gasteiger partial charge in [0, 0.05) is 12.8 Å². The first-order valence-corrected chi connectivity index (χ1v) is 18.9. The molecule has 0 spiro atoms. The summed E-state index contributed by atoms with van der Waals surface area (Å²) in [5, 5.41) is 11.9. The highest BCUT2D eigenvalue weighted by Crippen LogP contribution is 2.19. The fourth-order valence-electron chi connectivity index (χ4n) is 5.80. The maximum absolute atomic E-state index is 12.6. The first kappa shape index (κ1) is 42.4. The van der Waals surface area contributed by atoms with Crippen LogP contribution in [0.4, 0.5) is 0 Å². The lowest BCUT2D eigenvalue weighted by Gasteiger charge is -2.18. The summed E-state index contributed by atoms with van der Waals surface area (Å²) >= 11 is 0. The van der Waals surface area contributed by atoms with E-state index in [1.165, 1.54) is 96.3 Å². The van der Waals surface area contributed by atoms with Crippen LogP contribution in [0.5, 0.6) is 0 Å². The average molecular weight is 625 g/mol. The standard InChI is InChI=1S/C37H72N2O5/c1-3-5-7-9-11-12-13-14-16-21-25-31-36(41)44-33(27-22-18-15-10-8-6-4-2)28-23-19-17-20-24-30-35(40)39-34(37(42)43)29-26-32-38/h33-34H,3-32,38H2,1-2H3,(H,39,40)(H,42,43). The van der Waals surface area contributed by atoms with Crippen LogP contribution >= 0.6 is 0 Å². The summed E-state index contributed by atoms with van der Waals surface area (Å²) in [7, 11) is 0. The maximum Gasteiger partial charge on any atom is 0.326 e. The Bertz CT molecular complexity index is 672. The molecule has 2 unspecified atom stereocenters. The first-order valence-electron chi connectivity index (χ1n) is 18.9. The molecule has 2 atom stereocenters. The van der Waals surface area contributed by atoms with Crippen LogP contribution in [0.1, 0.15) is 200 Å².